The van der Waals surface area contributed by atoms with E-state index < -0.39 is 0 Å². The number of anilines is 1. The topological polar surface area (TPSA) is 52.0 Å². The van der Waals surface area contributed by atoms with Crippen molar-refractivity contribution in [2.45, 2.75) is 12.6 Å². The number of likely N-dealkylation sites (N-methyl/N-ethyl adjacent to an activating group) is 1. The van der Waals surface area contributed by atoms with E-state index in [1.165, 1.54) is 11.1 Å². The molecule has 1 aliphatic heterocycles. The molecule has 4 nitrogen and oxygen atoms in total. The molecule has 0 radical (unpaired) electrons. The first kappa shape index (κ1) is 12.6. The van der Waals surface area contributed by atoms with Gasteiger partial charge in [-0.3, -0.25) is 4.90 Å². The minimum absolute atomic E-state index is 0.159. The number of nitrogens with zero attached hydrogens (tertiary/aromatic N) is 3. The van der Waals surface area contributed by atoms with Crippen LogP contribution in [0, 0.1) is 11.3 Å². The Balaban J connectivity index is 1.93. The van der Waals surface area contributed by atoms with Crippen LogP contribution in [-0.2, 0) is 6.54 Å². The zero-order valence-electron chi connectivity index (χ0n) is 11.4. The number of rotatable bonds is 2. The highest BCUT2D eigenvalue weighted by atomic mass is 15.2. The molecule has 0 spiro atoms. The van der Waals surface area contributed by atoms with Crippen molar-refractivity contribution < 1.29 is 0 Å². The third kappa shape index (κ3) is 2.36. The standard InChI is InChI=1S/C16H16N4/c1-20-10-13-5-2-3-7-14(13)15(11-20)19-16-12(9-17)6-4-8-18-16/h2-8,15H,10-11H2,1H3,(H,18,19). The summed E-state index contributed by atoms with van der Waals surface area (Å²) in [6, 6.07) is 14.3. The van der Waals surface area contributed by atoms with Crippen molar-refractivity contribution in [3.8, 4) is 6.07 Å². The molecule has 1 N–H and O–H groups in total. The van der Waals surface area contributed by atoms with Gasteiger partial charge >= 0.3 is 0 Å². The van der Waals surface area contributed by atoms with Gasteiger partial charge in [0.1, 0.15) is 11.9 Å². The summed E-state index contributed by atoms with van der Waals surface area (Å²) >= 11 is 0. The Morgan fingerprint density at radius 1 is 1.30 bits per heavy atom. The van der Waals surface area contributed by atoms with Crippen LogP contribution in [0.25, 0.3) is 0 Å². The summed E-state index contributed by atoms with van der Waals surface area (Å²) in [5, 5.41) is 12.6. The van der Waals surface area contributed by atoms with Crippen LogP contribution in [0.1, 0.15) is 22.7 Å². The van der Waals surface area contributed by atoms with Gasteiger partial charge in [0.25, 0.3) is 0 Å². The second-order valence-electron chi connectivity index (χ2n) is 5.10. The van der Waals surface area contributed by atoms with Gasteiger partial charge in [0.15, 0.2) is 0 Å². The largest absolute Gasteiger partial charge is 0.361 e. The van der Waals surface area contributed by atoms with Crippen LogP contribution in [0.5, 0.6) is 0 Å². The molecule has 1 atom stereocenters. The number of aromatic nitrogens is 1. The van der Waals surface area contributed by atoms with Gasteiger partial charge in [-0.15, -0.1) is 0 Å². The number of fused-ring (bicyclic) bond motifs is 1. The van der Waals surface area contributed by atoms with Crippen LogP contribution in [0.2, 0.25) is 0 Å². The van der Waals surface area contributed by atoms with Gasteiger partial charge in [0.2, 0.25) is 0 Å². The van der Waals surface area contributed by atoms with Gasteiger partial charge < -0.3 is 5.32 Å². The van der Waals surface area contributed by atoms with E-state index in [0.29, 0.717) is 11.4 Å². The van der Waals surface area contributed by atoms with Gasteiger partial charge in [0, 0.05) is 19.3 Å². The lowest BCUT2D eigenvalue weighted by Crippen LogP contribution is -2.34. The molecule has 20 heavy (non-hydrogen) atoms. The molecule has 2 aromatic rings. The normalized spacial score (nSPS) is 18.1. The van der Waals surface area contributed by atoms with Gasteiger partial charge in [-0.1, -0.05) is 24.3 Å². The summed E-state index contributed by atoms with van der Waals surface area (Å²) in [7, 11) is 2.11. The van der Waals surface area contributed by atoms with Crippen LogP contribution >= 0.6 is 0 Å². The third-order valence-corrected chi connectivity index (χ3v) is 3.60. The molecule has 0 saturated carbocycles. The lowest BCUT2D eigenvalue weighted by atomic mass is 9.95. The molecule has 0 bridgehead atoms. The predicted molar refractivity (Wildman–Crippen MR) is 78.1 cm³/mol. The molecular weight excluding hydrogens is 248 g/mol. The van der Waals surface area contributed by atoms with E-state index in [1.54, 1.807) is 18.3 Å². The maximum atomic E-state index is 9.15. The Kier molecular flexibility index (Phi) is 3.36. The molecular formula is C16H16N4. The van der Waals surface area contributed by atoms with Crippen LogP contribution in [0.3, 0.4) is 0 Å². The van der Waals surface area contributed by atoms with Crippen molar-refractivity contribution in [1.29, 1.82) is 5.26 Å². The summed E-state index contributed by atoms with van der Waals surface area (Å²) in [5.74, 6) is 0.658. The van der Waals surface area contributed by atoms with Gasteiger partial charge in [0.05, 0.1) is 11.6 Å². The Morgan fingerprint density at radius 2 is 2.15 bits per heavy atom. The smallest absolute Gasteiger partial charge is 0.144 e. The lowest BCUT2D eigenvalue weighted by Gasteiger charge is -2.33. The van der Waals surface area contributed by atoms with Crippen LogP contribution in [0.4, 0.5) is 5.82 Å². The number of nitriles is 1. The lowest BCUT2D eigenvalue weighted by molar-refractivity contribution is 0.291. The van der Waals surface area contributed by atoms with E-state index in [9.17, 15) is 0 Å². The number of hydrogen-bond donors (Lipinski definition) is 1. The Hall–Kier alpha value is -2.38. The number of pyridine rings is 1. The number of hydrogen-bond acceptors (Lipinski definition) is 4. The molecule has 0 saturated heterocycles. The van der Waals surface area contributed by atoms with Crippen LogP contribution < -0.4 is 5.32 Å². The molecule has 3 rings (SSSR count). The van der Waals surface area contributed by atoms with Crippen molar-refractivity contribution in [3.63, 3.8) is 0 Å². The van der Waals surface area contributed by atoms with Crippen molar-refractivity contribution >= 4 is 5.82 Å². The van der Waals surface area contributed by atoms with Crippen LogP contribution in [0.15, 0.2) is 42.6 Å². The molecule has 1 aromatic heterocycles. The Labute approximate surface area is 118 Å². The highest BCUT2D eigenvalue weighted by Gasteiger charge is 2.23. The molecule has 1 aliphatic rings. The van der Waals surface area contributed by atoms with Crippen molar-refractivity contribution in [2.24, 2.45) is 0 Å². The van der Waals surface area contributed by atoms with E-state index >= 15 is 0 Å². The van der Waals surface area contributed by atoms with Gasteiger partial charge in [-0.25, -0.2) is 4.98 Å². The van der Waals surface area contributed by atoms with E-state index in [1.807, 2.05) is 0 Å². The predicted octanol–water partition coefficient (Wildman–Crippen LogP) is 2.55. The Morgan fingerprint density at radius 3 is 3.00 bits per heavy atom. The molecule has 100 valence electrons. The first-order valence-corrected chi connectivity index (χ1v) is 6.66. The van der Waals surface area contributed by atoms with Crippen molar-refractivity contribution in [1.82, 2.24) is 9.88 Å². The molecule has 0 amide bonds. The second-order valence-corrected chi connectivity index (χ2v) is 5.10. The summed E-state index contributed by atoms with van der Waals surface area (Å²) < 4.78 is 0. The minimum Gasteiger partial charge on any atom is -0.361 e. The SMILES string of the molecule is CN1Cc2ccccc2C(Nc2ncccc2C#N)C1. The minimum atomic E-state index is 0.159. The van der Waals surface area contributed by atoms with Crippen molar-refractivity contribution in [3.05, 3.63) is 59.3 Å². The summed E-state index contributed by atoms with van der Waals surface area (Å²) in [4.78, 5) is 6.56. The molecule has 1 unspecified atom stereocenters. The van der Waals surface area contributed by atoms with Gasteiger partial charge in [-0.2, -0.15) is 5.26 Å². The number of nitrogens with one attached hydrogen (secondary N) is 1. The third-order valence-electron chi connectivity index (χ3n) is 3.60. The monoisotopic (exact) mass is 264 g/mol. The second kappa shape index (κ2) is 5.32. The fourth-order valence-electron chi connectivity index (χ4n) is 2.68. The van der Waals surface area contributed by atoms with Crippen LogP contribution in [-0.4, -0.2) is 23.5 Å². The summed E-state index contributed by atoms with van der Waals surface area (Å²) in [6.45, 7) is 1.86. The fraction of sp³-hybridized carbons (Fsp3) is 0.250. The molecule has 0 aliphatic carbocycles. The summed E-state index contributed by atoms with van der Waals surface area (Å²) in [5.41, 5.74) is 3.20. The van der Waals surface area contributed by atoms with E-state index in [4.69, 9.17) is 5.26 Å². The zero-order chi connectivity index (χ0) is 13.9. The van der Waals surface area contributed by atoms with Gasteiger partial charge in [-0.05, 0) is 30.3 Å². The first-order valence-electron chi connectivity index (χ1n) is 6.66. The number of benzene rings is 1. The van der Waals surface area contributed by atoms with E-state index in [-0.39, 0.29) is 6.04 Å². The highest BCUT2D eigenvalue weighted by molar-refractivity contribution is 5.53. The average Bonchev–Trinajstić information content (AvgIpc) is 2.47. The highest BCUT2D eigenvalue weighted by Crippen LogP contribution is 2.28. The maximum absolute atomic E-state index is 9.15. The summed E-state index contributed by atoms with van der Waals surface area (Å²) in [6.07, 6.45) is 1.71. The van der Waals surface area contributed by atoms with E-state index in [0.717, 1.165) is 13.1 Å². The van der Waals surface area contributed by atoms with Crippen molar-refractivity contribution in [2.75, 3.05) is 18.9 Å². The first-order chi connectivity index (χ1) is 9.78. The molecule has 2 heterocycles. The molecule has 4 heteroatoms. The zero-order valence-corrected chi connectivity index (χ0v) is 11.4. The maximum Gasteiger partial charge on any atom is 0.144 e. The average molecular weight is 264 g/mol. The molecule has 0 fully saturated rings. The van der Waals surface area contributed by atoms with E-state index in [2.05, 4.69) is 52.6 Å². The molecule has 1 aromatic carbocycles. The fourth-order valence-corrected chi connectivity index (χ4v) is 2.68. The Bertz CT molecular complexity index is 660. The quantitative estimate of drug-likeness (QED) is 0.905.